The van der Waals surface area contributed by atoms with E-state index >= 15 is 0 Å². The standard InChI is InChI=1S/C16H21BrO2/c1-11-9-16(19-2)13(10-14(11)17)15(18)8-7-12-5-3-4-6-12/h9-10,12H,3-8H2,1-2H3. The molecule has 0 aliphatic heterocycles. The minimum absolute atomic E-state index is 0.199. The van der Waals surface area contributed by atoms with Gasteiger partial charge in [0.25, 0.3) is 0 Å². The van der Waals surface area contributed by atoms with Gasteiger partial charge in [0.1, 0.15) is 5.75 Å². The molecule has 0 radical (unpaired) electrons. The number of methoxy groups -OCH3 is 1. The molecule has 0 unspecified atom stereocenters. The molecule has 2 nitrogen and oxygen atoms in total. The molecular weight excluding hydrogens is 304 g/mol. The first-order chi connectivity index (χ1) is 9.11. The number of carbonyl (C=O) groups excluding carboxylic acids is 1. The van der Waals surface area contributed by atoms with E-state index in [1.807, 2.05) is 19.1 Å². The van der Waals surface area contributed by atoms with Crippen molar-refractivity contribution in [3.8, 4) is 5.75 Å². The van der Waals surface area contributed by atoms with Crippen LogP contribution in [-0.2, 0) is 0 Å². The first-order valence-corrected chi connectivity index (χ1v) is 7.78. The molecule has 2 rings (SSSR count). The molecule has 1 aliphatic rings. The summed E-state index contributed by atoms with van der Waals surface area (Å²) in [6.45, 7) is 2.00. The van der Waals surface area contributed by atoms with Crippen LogP contribution < -0.4 is 4.74 Å². The van der Waals surface area contributed by atoms with Crippen LogP contribution in [-0.4, -0.2) is 12.9 Å². The summed E-state index contributed by atoms with van der Waals surface area (Å²) in [7, 11) is 1.62. The van der Waals surface area contributed by atoms with E-state index in [9.17, 15) is 4.79 Å². The Kier molecular flexibility index (Phi) is 5.03. The molecule has 0 bridgehead atoms. The summed E-state index contributed by atoms with van der Waals surface area (Å²) in [4.78, 5) is 12.3. The van der Waals surface area contributed by atoms with Gasteiger partial charge in [0.2, 0.25) is 0 Å². The van der Waals surface area contributed by atoms with E-state index in [4.69, 9.17) is 4.74 Å². The quantitative estimate of drug-likeness (QED) is 0.718. The predicted octanol–water partition coefficient (Wildman–Crippen LogP) is 4.92. The van der Waals surface area contributed by atoms with Gasteiger partial charge in [-0.3, -0.25) is 4.79 Å². The second-order valence-electron chi connectivity index (χ2n) is 5.41. The van der Waals surface area contributed by atoms with Gasteiger partial charge in [-0.05, 0) is 37.0 Å². The van der Waals surface area contributed by atoms with Crippen molar-refractivity contribution in [2.24, 2.45) is 5.92 Å². The Balaban J connectivity index is 2.07. The smallest absolute Gasteiger partial charge is 0.166 e. The minimum atomic E-state index is 0.199. The average molecular weight is 325 g/mol. The lowest BCUT2D eigenvalue weighted by atomic mass is 9.96. The number of hydrogen-bond acceptors (Lipinski definition) is 2. The van der Waals surface area contributed by atoms with Crippen LogP contribution in [0.1, 0.15) is 54.4 Å². The Morgan fingerprint density at radius 3 is 2.68 bits per heavy atom. The van der Waals surface area contributed by atoms with Crippen LogP contribution in [0.15, 0.2) is 16.6 Å². The molecule has 0 saturated heterocycles. The van der Waals surface area contributed by atoms with Gasteiger partial charge in [0.05, 0.1) is 12.7 Å². The van der Waals surface area contributed by atoms with Crippen LogP contribution in [0.25, 0.3) is 0 Å². The zero-order valence-corrected chi connectivity index (χ0v) is 13.3. The van der Waals surface area contributed by atoms with Gasteiger partial charge in [-0.15, -0.1) is 0 Å². The number of aryl methyl sites for hydroxylation is 1. The molecule has 0 heterocycles. The topological polar surface area (TPSA) is 26.3 Å². The highest BCUT2D eigenvalue weighted by Gasteiger charge is 2.19. The molecule has 0 atom stereocenters. The molecule has 1 saturated carbocycles. The monoisotopic (exact) mass is 324 g/mol. The lowest BCUT2D eigenvalue weighted by Gasteiger charge is -2.12. The summed E-state index contributed by atoms with van der Waals surface area (Å²) in [5.74, 6) is 1.64. The molecule has 0 amide bonds. The van der Waals surface area contributed by atoms with E-state index in [-0.39, 0.29) is 5.78 Å². The van der Waals surface area contributed by atoms with Crippen LogP contribution >= 0.6 is 15.9 Å². The molecule has 1 aromatic rings. The Morgan fingerprint density at radius 1 is 1.37 bits per heavy atom. The van der Waals surface area contributed by atoms with E-state index in [0.29, 0.717) is 17.7 Å². The number of benzene rings is 1. The third kappa shape index (κ3) is 3.59. The predicted molar refractivity (Wildman–Crippen MR) is 81.0 cm³/mol. The number of Topliss-reactive ketones (excluding diaryl/α,β-unsaturated/α-hetero) is 1. The molecule has 3 heteroatoms. The first-order valence-electron chi connectivity index (χ1n) is 6.99. The van der Waals surface area contributed by atoms with Crippen molar-refractivity contribution in [1.29, 1.82) is 0 Å². The molecule has 1 aromatic carbocycles. The summed E-state index contributed by atoms with van der Waals surface area (Å²) in [6.07, 6.45) is 6.91. The molecule has 19 heavy (non-hydrogen) atoms. The SMILES string of the molecule is COc1cc(C)c(Br)cc1C(=O)CCC1CCCC1. The second kappa shape index (κ2) is 6.56. The largest absolute Gasteiger partial charge is 0.496 e. The summed E-state index contributed by atoms with van der Waals surface area (Å²) in [5, 5.41) is 0. The van der Waals surface area contributed by atoms with E-state index in [1.165, 1.54) is 25.7 Å². The Labute approximate surface area is 123 Å². The zero-order valence-electron chi connectivity index (χ0n) is 11.7. The second-order valence-corrected chi connectivity index (χ2v) is 6.27. The van der Waals surface area contributed by atoms with E-state index in [0.717, 1.165) is 22.4 Å². The highest BCUT2D eigenvalue weighted by Crippen LogP contribution is 2.31. The summed E-state index contributed by atoms with van der Waals surface area (Å²) in [6, 6.07) is 3.82. The van der Waals surface area contributed by atoms with Crippen LogP contribution in [0, 0.1) is 12.8 Å². The fourth-order valence-corrected chi connectivity index (χ4v) is 3.15. The molecule has 1 fully saturated rings. The maximum absolute atomic E-state index is 12.3. The number of carbonyl (C=O) groups is 1. The van der Waals surface area contributed by atoms with Gasteiger partial charge in [0, 0.05) is 10.9 Å². The molecule has 104 valence electrons. The highest BCUT2D eigenvalue weighted by atomic mass is 79.9. The maximum atomic E-state index is 12.3. The lowest BCUT2D eigenvalue weighted by Crippen LogP contribution is -2.05. The number of rotatable bonds is 5. The zero-order chi connectivity index (χ0) is 13.8. The Hall–Kier alpha value is -0.830. The van der Waals surface area contributed by atoms with Gasteiger partial charge in [-0.1, -0.05) is 41.6 Å². The van der Waals surface area contributed by atoms with Gasteiger partial charge >= 0.3 is 0 Å². The fourth-order valence-electron chi connectivity index (χ4n) is 2.81. The average Bonchev–Trinajstić information content (AvgIpc) is 2.91. The molecule has 0 spiro atoms. The molecular formula is C16H21BrO2. The fraction of sp³-hybridized carbons (Fsp3) is 0.562. The van der Waals surface area contributed by atoms with E-state index in [1.54, 1.807) is 7.11 Å². The van der Waals surface area contributed by atoms with Crippen LogP contribution in [0.2, 0.25) is 0 Å². The normalized spacial score (nSPS) is 15.7. The highest BCUT2D eigenvalue weighted by molar-refractivity contribution is 9.10. The Bertz CT molecular complexity index is 462. The number of ketones is 1. The van der Waals surface area contributed by atoms with Crippen LogP contribution in [0.5, 0.6) is 5.75 Å². The molecule has 0 N–H and O–H groups in total. The summed E-state index contributed by atoms with van der Waals surface area (Å²) < 4.78 is 6.30. The van der Waals surface area contributed by atoms with Crippen LogP contribution in [0.3, 0.4) is 0 Å². The van der Waals surface area contributed by atoms with Gasteiger partial charge in [0.15, 0.2) is 5.78 Å². The number of halogens is 1. The van der Waals surface area contributed by atoms with Crippen molar-refractivity contribution >= 4 is 21.7 Å². The third-order valence-electron chi connectivity index (χ3n) is 4.04. The van der Waals surface area contributed by atoms with Gasteiger partial charge in [-0.25, -0.2) is 0 Å². The van der Waals surface area contributed by atoms with Crippen molar-refractivity contribution in [2.75, 3.05) is 7.11 Å². The number of hydrogen-bond donors (Lipinski definition) is 0. The van der Waals surface area contributed by atoms with Crippen molar-refractivity contribution in [3.05, 3.63) is 27.7 Å². The summed E-state index contributed by atoms with van der Waals surface area (Å²) in [5.41, 5.74) is 1.79. The number of ether oxygens (including phenoxy) is 1. The first kappa shape index (κ1) is 14.6. The van der Waals surface area contributed by atoms with Gasteiger partial charge < -0.3 is 4.74 Å². The summed E-state index contributed by atoms with van der Waals surface area (Å²) >= 11 is 3.49. The maximum Gasteiger partial charge on any atom is 0.166 e. The van der Waals surface area contributed by atoms with E-state index < -0.39 is 0 Å². The van der Waals surface area contributed by atoms with Crippen molar-refractivity contribution < 1.29 is 9.53 Å². The Morgan fingerprint density at radius 2 is 2.05 bits per heavy atom. The van der Waals surface area contributed by atoms with Crippen molar-refractivity contribution in [2.45, 2.75) is 45.4 Å². The van der Waals surface area contributed by atoms with Crippen molar-refractivity contribution in [1.82, 2.24) is 0 Å². The van der Waals surface area contributed by atoms with Gasteiger partial charge in [-0.2, -0.15) is 0 Å². The van der Waals surface area contributed by atoms with Crippen LogP contribution in [0.4, 0.5) is 0 Å². The van der Waals surface area contributed by atoms with Crippen molar-refractivity contribution in [3.63, 3.8) is 0 Å². The molecule has 0 aromatic heterocycles. The van der Waals surface area contributed by atoms with E-state index in [2.05, 4.69) is 15.9 Å². The molecule has 1 aliphatic carbocycles. The minimum Gasteiger partial charge on any atom is -0.496 e. The lowest BCUT2D eigenvalue weighted by molar-refractivity contribution is 0.0971. The third-order valence-corrected chi connectivity index (χ3v) is 4.89.